The summed E-state index contributed by atoms with van der Waals surface area (Å²) in [5, 5.41) is 3.57. The maximum atomic E-state index is 5.64. The van der Waals surface area contributed by atoms with Crippen LogP contribution in [0.25, 0.3) is 0 Å². The Bertz CT molecular complexity index is 337. The van der Waals surface area contributed by atoms with Crippen LogP contribution in [0.5, 0.6) is 0 Å². The molecule has 1 unspecified atom stereocenters. The van der Waals surface area contributed by atoms with Crippen molar-refractivity contribution < 1.29 is 4.42 Å². The number of aryl methyl sites for hydroxylation is 1. The molecule has 1 saturated heterocycles. The zero-order valence-corrected chi connectivity index (χ0v) is 10.9. The average Bonchev–Trinajstić information content (AvgIpc) is 2.96. The lowest BCUT2D eigenvalue weighted by atomic mass is 10.2. The van der Waals surface area contributed by atoms with Gasteiger partial charge in [-0.3, -0.25) is 4.90 Å². The molecule has 0 aliphatic carbocycles. The Balaban J connectivity index is 1.77. The van der Waals surface area contributed by atoms with Crippen LogP contribution in [0.1, 0.15) is 38.3 Å². The van der Waals surface area contributed by atoms with E-state index in [1.807, 2.05) is 6.20 Å². The fourth-order valence-electron chi connectivity index (χ4n) is 2.27. The van der Waals surface area contributed by atoms with Crippen LogP contribution in [-0.2, 0) is 13.0 Å². The second-order valence-electron chi connectivity index (χ2n) is 4.75. The van der Waals surface area contributed by atoms with E-state index in [0.717, 1.165) is 44.3 Å². The van der Waals surface area contributed by atoms with Gasteiger partial charge in [0, 0.05) is 25.6 Å². The fraction of sp³-hybridized carbons (Fsp3) is 0.769. The van der Waals surface area contributed by atoms with Gasteiger partial charge in [-0.15, -0.1) is 0 Å². The molecule has 1 atom stereocenters. The molecule has 0 spiro atoms. The number of rotatable bonds is 6. The molecular weight excluding hydrogens is 214 g/mol. The van der Waals surface area contributed by atoms with Gasteiger partial charge in [-0.2, -0.15) is 0 Å². The molecule has 1 fully saturated rings. The van der Waals surface area contributed by atoms with Gasteiger partial charge in [0.05, 0.1) is 12.7 Å². The molecule has 1 aromatic rings. The maximum absolute atomic E-state index is 5.64. The number of likely N-dealkylation sites (tertiary alicyclic amines) is 1. The first-order chi connectivity index (χ1) is 8.31. The first-order valence-electron chi connectivity index (χ1n) is 6.71. The Morgan fingerprint density at radius 2 is 2.41 bits per heavy atom. The molecular formula is C13H23N3O. The van der Waals surface area contributed by atoms with Crippen molar-refractivity contribution in [2.45, 2.75) is 45.7 Å². The summed E-state index contributed by atoms with van der Waals surface area (Å²) < 4.78 is 5.64. The molecule has 1 aromatic heterocycles. The van der Waals surface area contributed by atoms with Crippen molar-refractivity contribution in [2.75, 3.05) is 19.6 Å². The zero-order chi connectivity index (χ0) is 12.1. The molecule has 17 heavy (non-hydrogen) atoms. The SMILES string of the molecule is CCCNC1CCN(Cc2ncc(CC)o2)C1. The van der Waals surface area contributed by atoms with Crippen molar-refractivity contribution in [3.05, 3.63) is 17.8 Å². The van der Waals surface area contributed by atoms with Crippen LogP contribution < -0.4 is 5.32 Å². The van der Waals surface area contributed by atoms with Crippen LogP contribution >= 0.6 is 0 Å². The van der Waals surface area contributed by atoms with Gasteiger partial charge in [-0.05, 0) is 19.4 Å². The minimum absolute atomic E-state index is 0.649. The molecule has 1 aliphatic heterocycles. The summed E-state index contributed by atoms with van der Waals surface area (Å²) in [6, 6.07) is 0.649. The van der Waals surface area contributed by atoms with E-state index >= 15 is 0 Å². The number of nitrogens with zero attached hydrogens (tertiary/aromatic N) is 2. The molecule has 4 heteroatoms. The van der Waals surface area contributed by atoms with Gasteiger partial charge in [0.2, 0.25) is 5.89 Å². The third-order valence-corrected chi connectivity index (χ3v) is 3.26. The van der Waals surface area contributed by atoms with Gasteiger partial charge in [0.15, 0.2) is 0 Å². The summed E-state index contributed by atoms with van der Waals surface area (Å²) >= 11 is 0. The lowest BCUT2D eigenvalue weighted by Gasteiger charge is -2.14. The highest BCUT2D eigenvalue weighted by Gasteiger charge is 2.22. The van der Waals surface area contributed by atoms with E-state index in [2.05, 4.69) is 29.0 Å². The Labute approximate surface area is 103 Å². The van der Waals surface area contributed by atoms with E-state index in [1.54, 1.807) is 0 Å². The van der Waals surface area contributed by atoms with E-state index in [0.29, 0.717) is 6.04 Å². The van der Waals surface area contributed by atoms with Crippen LogP contribution in [0, 0.1) is 0 Å². The molecule has 1 aliphatic rings. The Morgan fingerprint density at radius 3 is 3.12 bits per heavy atom. The molecule has 2 rings (SSSR count). The van der Waals surface area contributed by atoms with Crippen molar-refractivity contribution >= 4 is 0 Å². The van der Waals surface area contributed by atoms with Crippen molar-refractivity contribution in [1.29, 1.82) is 0 Å². The van der Waals surface area contributed by atoms with E-state index in [-0.39, 0.29) is 0 Å². The zero-order valence-electron chi connectivity index (χ0n) is 10.9. The molecule has 0 amide bonds. The van der Waals surface area contributed by atoms with E-state index in [4.69, 9.17) is 4.42 Å². The normalized spacial score (nSPS) is 21.2. The summed E-state index contributed by atoms with van der Waals surface area (Å²) in [6.07, 6.45) is 5.21. The van der Waals surface area contributed by atoms with Crippen molar-refractivity contribution in [2.24, 2.45) is 0 Å². The van der Waals surface area contributed by atoms with Crippen LogP contribution in [-0.4, -0.2) is 35.6 Å². The minimum Gasteiger partial charge on any atom is -0.444 e. The van der Waals surface area contributed by atoms with Crippen LogP contribution in [0.4, 0.5) is 0 Å². The molecule has 0 saturated carbocycles. The molecule has 96 valence electrons. The smallest absolute Gasteiger partial charge is 0.208 e. The van der Waals surface area contributed by atoms with E-state index < -0.39 is 0 Å². The monoisotopic (exact) mass is 237 g/mol. The van der Waals surface area contributed by atoms with Gasteiger partial charge in [0.25, 0.3) is 0 Å². The standard InChI is InChI=1S/C13H23N3O/c1-3-6-14-11-5-7-16(9-11)10-13-15-8-12(4-2)17-13/h8,11,14H,3-7,9-10H2,1-2H3. The summed E-state index contributed by atoms with van der Waals surface area (Å²) in [7, 11) is 0. The van der Waals surface area contributed by atoms with Crippen LogP contribution in [0.15, 0.2) is 10.6 Å². The Kier molecular flexibility index (Phi) is 4.57. The summed E-state index contributed by atoms with van der Waals surface area (Å²) in [5.41, 5.74) is 0. The number of nitrogens with one attached hydrogen (secondary N) is 1. The van der Waals surface area contributed by atoms with E-state index in [9.17, 15) is 0 Å². The van der Waals surface area contributed by atoms with Crippen LogP contribution in [0.3, 0.4) is 0 Å². The largest absolute Gasteiger partial charge is 0.444 e. The first-order valence-corrected chi connectivity index (χ1v) is 6.71. The second kappa shape index (κ2) is 6.17. The fourth-order valence-corrected chi connectivity index (χ4v) is 2.27. The van der Waals surface area contributed by atoms with Gasteiger partial charge in [-0.25, -0.2) is 4.98 Å². The molecule has 0 radical (unpaired) electrons. The van der Waals surface area contributed by atoms with Gasteiger partial charge < -0.3 is 9.73 Å². The van der Waals surface area contributed by atoms with Gasteiger partial charge in [0.1, 0.15) is 5.76 Å². The first kappa shape index (κ1) is 12.6. The Morgan fingerprint density at radius 1 is 1.53 bits per heavy atom. The third kappa shape index (κ3) is 3.54. The number of hydrogen-bond donors (Lipinski definition) is 1. The Hall–Kier alpha value is -0.870. The van der Waals surface area contributed by atoms with Gasteiger partial charge >= 0.3 is 0 Å². The highest BCUT2D eigenvalue weighted by Crippen LogP contribution is 2.14. The summed E-state index contributed by atoms with van der Waals surface area (Å²) in [5.74, 6) is 1.85. The third-order valence-electron chi connectivity index (χ3n) is 3.26. The maximum Gasteiger partial charge on any atom is 0.208 e. The highest BCUT2D eigenvalue weighted by molar-refractivity contribution is 4.94. The minimum atomic E-state index is 0.649. The lowest BCUT2D eigenvalue weighted by molar-refractivity contribution is 0.279. The summed E-state index contributed by atoms with van der Waals surface area (Å²) in [4.78, 5) is 6.72. The van der Waals surface area contributed by atoms with Crippen molar-refractivity contribution in [3.8, 4) is 0 Å². The molecule has 0 bridgehead atoms. The van der Waals surface area contributed by atoms with Gasteiger partial charge in [-0.1, -0.05) is 13.8 Å². The average molecular weight is 237 g/mol. The number of oxazole rings is 1. The molecule has 0 aromatic carbocycles. The topological polar surface area (TPSA) is 41.3 Å². The van der Waals surface area contributed by atoms with E-state index in [1.165, 1.54) is 12.8 Å². The molecule has 2 heterocycles. The number of aromatic nitrogens is 1. The van der Waals surface area contributed by atoms with Crippen molar-refractivity contribution in [3.63, 3.8) is 0 Å². The summed E-state index contributed by atoms with van der Waals surface area (Å²) in [6.45, 7) is 8.53. The highest BCUT2D eigenvalue weighted by atomic mass is 16.4. The van der Waals surface area contributed by atoms with Crippen LogP contribution in [0.2, 0.25) is 0 Å². The predicted octanol–water partition coefficient (Wildman–Crippen LogP) is 1.81. The molecule has 1 N–H and O–H groups in total. The van der Waals surface area contributed by atoms with Crippen molar-refractivity contribution in [1.82, 2.24) is 15.2 Å². The predicted molar refractivity (Wildman–Crippen MR) is 67.9 cm³/mol. The molecule has 4 nitrogen and oxygen atoms in total. The quantitative estimate of drug-likeness (QED) is 0.819. The second-order valence-corrected chi connectivity index (χ2v) is 4.75. The number of hydrogen-bond acceptors (Lipinski definition) is 4. The lowest BCUT2D eigenvalue weighted by Crippen LogP contribution is -2.32.